The van der Waals surface area contributed by atoms with Crippen molar-refractivity contribution in [2.45, 2.75) is 33.2 Å². The second-order valence-corrected chi connectivity index (χ2v) is 4.56. The number of aromatic nitrogens is 2. The highest BCUT2D eigenvalue weighted by Gasteiger charge is 2.07. The Morgan fingerprint density at radius 2 is 2.18 bits per heavy atom. The molecular weight excluding hydrogens is 212 g/mol. The van der Waals surface area contributed by atoms with Crippen LogP contribution in [0.5, 0.6) is 0 Å². The first kappa shape index (κ1) is 14.2. The molecule has 0 fully saturated rings. The number of nitrogens with one attached hydrogen (secondary N) is 1. The van der Waals surface area contributed by atoms with Crippen LogP contribution in [0.1, 0.15) is 38.8 Å². The highest BCUT2D eigenvalue weighted by atomic mass is 15.2. The number of hydrogen-bond acceptors (Lipinski definition) is 3. The fraction of sp³-hybridized carbons (Fsp3) is 0.769. The Balaban J connectivity index is 2.26. The third kappa shape index (κ3) is 4.88. The highest BCUT2D eigenvalue weighted by molar-refractivity contribution is 5.08. The van der Waals surface area contributed by atoms with Crippen LogP contribution in [0.15, 0.2) is 12.4 Å². The van der Waals surface area contributed by atoms with Gasteiger partial charge in [0, 0.05) is 37.9 Å². The number of rotatable bonds is 8. The Hall–Kier alpha value is -0.870. The molecule has 0 saturated carbocycles. The summed E-state index contributed by atoms with van der Waals surface area (Å²) in [7, 11) is 1.95. The van der Waals surface area contributed by atoms with E-state index >= 15 is 0 Å². The third-order valence-electron chi connectivity index (χ3n) is 3.09. The van der Waals surface area contributed by atoms with E-state index < -0.39 is 0 Å². The van der Waals surface area contributed by atoms with E-state index in [9.17, 15) is 0 Å². The van der Waals surface area contributed by atoms with E-state index in [1.54, 1.807) is 0 Å². The molecule has 0 aromatic carbocycles. The van der Waals surface area contributed by atoms with Gasteiger partial charge in [0.2, 0.25) is 0 Å². The van der Waals surface area contributed by atoms with Gasteiger partial charge in [-0.05, 0) is 26.4 Å². The Labute approximate surface area is 105 Å². The Morgan fingerprint density at radius 3 is 2.71 bits per heavy atom. The van der Waals surface area contributed by atoms with Crippen molar-refractivity contribution < 1.29 is 0 Å². The van der Waals surface area contributed by atoms with Crippen molar-refractivity contribution in [2.24, 2.45) is 7.05 Å². The van der Waals surface area contributed by atoms with E-state index in [4.69, 9.17) is 0 Å². The van der Waals surface area contributed by atoms with Crippen molar-refractivity contribution in [3.63, 3.8) is 0 Å². The van der Waals surface area contributed by atoms with Crippen molar-refractivity contribution >= 4 is 0 Å². The quantitative estimate of drug-likeness (QED) is 0.750. The minimum absolute atomic E-state index is 0.379. The molecule has 17 heavy (non-hydrogen) atoms. The van der Waals surface area contributed by atoms with Gasteiger partial charge in [0.15, 0.2) is 0 Å². The molecule has 0 radical (unpaired) electrons. The van der Waals surface area contributed by atoms with E-state index in [0.717, 1.165) is 19.6 Å². The number of hydrogen-bond donors (Lipinski definition) is 1. The molecule has 0 aliphatic rings. The molecule has 0 aliphatic carbocycles. The molecule has 1 heterocycles. The lowest BCUT2D eigenvalue weighted by Crippen LogP contribution is -2.33. The largest absolute Gasteiger partial charge is 0.309 e. The van der Waals surface area contributed by atoms with Gasteiger partial charge in [-0.1, -0.05) is 13.8 Å². The molecule has 1 N–H and O–H groups in total. The highest BCUT2D eigenvalue weighted by Crippen LogP contribution is 2.09. The summed E-state index contributed by atoms with van der Waals surface area (Å²) < 4.78 is 1.85. The molecule has 1 unspecified atom stereocenters. The molecule has 1 aromatic rings. The van der Waals surface area contributed by atoms with E-state index in [1.807, 2.05) is 17.9 Å². The van der Waals surface area contributed by atoms with Gasteiger partial charge < -0.3 is 10.2 Å². The summed E-state index contributed by atoms with van der Waals surface area (Å²) in [6, 6.07) is 0.379. The van der Waals surface area contributed by atoms with Crippen LogP contribution < -0.4 is 5.32 Å². The second kappa shape index (κ2) is 7.45. The van der Waals surface area contributed by atoms with Crippen LogP contribution in [-0.4, -0.2) is 40.9 Å². The van der Waals surface area contributed by atoms with Crippen LogP contribution in [0.25, 0.3) is 0 Å². The number of nitrogens with zero attached hydrogens (tertiary/aromatic N) is 3. The summed E-state index contributed by atoms with van der Waals surface area (Å²) in [4.78, 5) is 2.48. The predicted octanol–water partition coefficient (Wildman–Crippen LogP) is 1.80. The van der Waals surface area contributed by atoms with Crippen molar-refractivity contribution in [1.29, 1.82) is 0 Å². The lowest BCUT2D eigenvalue weighted by atomic mass is 10.2. The first-order chi connectivity index (χ1) is 8.17. The van der Waals surface area contributed by atoms with Gasteiger partial charge in [0.1, 0.15) is 0 Å². The lowest BCUT2D eigenvalue weighted by Gasteiger charge is -2.21. The summed E-state index contributed by atoms with van der Waals surface area (Å²) in [6.07, 6.45) is 5.23. The standard InChI is InChI=1S/C13H26N4/c1-5-8-17(6-2)9-7-14-12(3)13-10-15-16(4)11-13/h10-12,14H,5-9H2,1-4H3. The first-order valence-electron chi connectivity index (χ1n) is 6.61. The molecule has 0 saturated heterocycles. The third-order valence-corrected chi connectivity index (χ3v) is 3.09. The van der Waals surface area contributed by atoms with Crippen molar-refractivity contribution in [3.8, 4) is 0 Å². The molecule has 98 valence electrons. The van der Waals surface area contributed by atoms with Gasteiger partial charge in [0.25, 0.3) is 0 Å². The van der Waals surface area contributed by atoms with E-state index in [0.29, 0.717) is 6.04 Å². The maximum absolute atomic E-state index is 4.19. The zero-order valence-corrected chi connectivity index (χ0v) is 11.6. The summed E-state index contributed by atoms with van der Waals surface area (Å²) >= 11 is 0. The molecule has 4 heteroatoms. The van der Waals surface area contributed by atoms with Gasteiger partial charge in [-0.15, -0.1) is 0 Å². The lowest BCUT2D eigenvalue weighted by molar-refractivity contribution is 0.284. The predicted molar refractivity (Wildman–Crippen MR) is 72.0 cm³/mol. The summed E-state index contributed by atoms with van der Waals surface area (Å²) in [5.41, 5.74) is 1.26. The average molecular weight is 238 g/mol. The molecule has 0 spiro atoms. The van der Waals surface area contributed by atoms with Gasteiger partial charge >= 0.3 is 0 Å². The fourth-order valence-electron chi connectivity index (χ4n) is 1.97. The molecule has 1 atom stereocenters. The summed E-state index contributed by atoms with van der Waals surface area (Å²) in [5.74, 6) is 0. The number of likely N-dealkylation sites (N-methyl/N-ethyl adjacent to an activating group) is 1. The van der Waals surface area contributed by atoms with Crippen LogP contribution >= 0.6 is 0 Å². The average Bonchev–Trinajstić information content (AvgIpc) is 2.74. The van der Waals surface area contributed by atoms with Crippen LogP contribution in [0.4, 0.5) is 0 Å². The van der Waals surface area contributed by atoms with Crippen LogP contribution in [0.3, 0.4) is 0 Å². The van der Waals surface area contributed by atoms with Gasteiger partial charge in [-0.25, -0.2) is 0 Å². The van der Waals surface area contributed by atoms with E-state index in [2.05, 4.69) is 42.3 Å². The molecule has 1 aromatic heterocycles. The molecular formula is C13H26N4. The molecule has 4 nitrogen and oxygen atoms in total. The minimum atomic E-state index is 0.379. The maximum Gasteiger partial charge on any atom is 0.0537 e. The van der Waals surface area contributed by atoms with Gasteiger partial charge in [0.05, 0.1) is 6.20 Å². The zero-order chi connectivity index (χ0) is 12.7. The Morgan fingerprint density at radius 1 is 1.41 bits per heavy atom. The zero-order valence-electron chi connectivity index (χ0n) is 11.6. The SMILES string of the molecule is CCCN(CC)CCNC(C)c1cnn(C)c1. The minimum Gasteiger partial charge on any atom is -0.309 e. The van der Waals surface area contributed by atoms with Gasteiger partial charge in [-0.2, -0.15) is 5.10 Å². The Bertz CT molecular complexity index is 308. The van der Waals surface area contributed by atoms with Gasteiger partial charge in [-0.3, -0.25) is 4.68 Å². The summed E-state index contributed by atoms with van der Waals surface area (Å²) in [5, 5.41) is 7.73. The monoisotopic (exact) mass is 238 g/mol. The Kier molecular flexibility index (Phi) is 6.22. The molecule has 0 aliphatic heterocycles. The second-order valence-electron chi connectivity index (χ2n) is 4.56. The fourth-order valence-corrected chi connectivity index (χ4v) is 1.97. The molecule has 0 amide bonds. The number of aryl methyl sites for hydroxylation is 1. The van der Waals surface area contributed by atoms with Crippen molar-refractivity contribution in [3.05, 3.63) is 18.0 Å². The van der Waals surface area contributed by atoms with Crippen molar-refractivity contribution in [2.75, 3.05) is 26.2 Å². The summed E-state index contributed by atoms with van der Waals surface area (Å²) in [6.45, 7) is 11.1. The first-order valence-corrected chi connectivity index (χ1v) is 6.61. The van der Waals surface area contributed by atoms with Crippen LogP contribution in [0, 0.1) is 0 Å². The van der Waals surface area contributed by atoms with Crippen molar-refractivity contribution in [1.82, 2.24) is 20.0 Å². The smallest absolute Gasteiger partial charge is 0.0537 e. The normalized spacial score (nSPS) is 13.2. The molecule has 0 bridgehead atoms. The van der Waals surface area contributed by atoms with Crippen LogP contribution in [-0.2, 0) is 7.05 Å². The molecule has 1 rings (SSSR count). The van der Waals surface area contributed by atoms with E-state index in [1.165, 1.54) is 18.5 Å². The van der Waals surface area contributed by atoms with Crippen LogP contribution in [0.2, 0.25) is 0 Å². The topological polar surface area (TPSA) is 33.1 Å². The maximum atomic E-state index is 4.19. The van der Waals surface area contributed by atoms with E-state index in [-0.39, 0.29) is 0 Å².